The predicted molar refractivity (Wildman–Crippen MR) is 139 cm³/mol. The van der Waals surface area contributed by atoms with Gasteiger partial charge in [0.25, 0.3) is 11.8 Å². The SMILES string of the molecule is CCCN1c2ccc(/C=C3/C(=O)NC(=S)N(c4ccc(C)cc4)C3=O)cc2C(C)CC1(C)C. The van der Waals surface area contributed by atoms with E-state index >= 15 is 0 Å². The van der Waals surface area contributed by atoms with Gasteiger partial charge in [0.1, 0.15) is 5.57 Å². The van der Waals surface area contributed by atoms with Crippen LogP contribution in [-0.2, 0) is 9.59 Å². The second kappa shape index (κ2) is 8.75. The molecular formula is C27H31N3O2S. The van der Waals surface area contributed by atoms with Gasteiger partial charge in [0.05, 0.1) is 5.69 Å². The van der Waals surface area contributed by atoms with Crippen LogP contribution in [-0.4, -0.2) is 29.0 Å². The summed E-state index contributed by atoms with van der Waals surface area (Å²) < 4.78 is 0. The summed E-state index contributed by atoms with van der Waals surface area (Å²) in [5, 5.41) is 2.77. The van der Waals surface area contributed by atoms with Gasteiger partial charge in [-0.2, -0.15) is 0 Å². The molecule has 0 bridgehead atoms. The Labute approximate surface area is 201 Å². The van der Waals surface area contributed by atoms with Crippen molar-refractivity contribution in [3.05, 3.63) is 64.7 Å². The fourth-order valence-corrected chi connectivity index (χ4v) is 5.28. The average molecular weight is 462 g/mol. The summed E-state index contributed by atoms with van der Waals surface area (Å²) in [7, 11) is 0. The van der Waals surface area contributed by atoms with E-state index in [1.807, 2.05) is 37.3 Å². The molecule has 0 aliphatic carbocycles. The minimum atomic E-state index is -0.465. The molecule has 0 spiro atoms. The van der Waals surface area contributed by atoms with E-state index in [1.165, 1.54) is 16.2 Å². The van der Waals surface area contributed by atoms with Crippen molar-refractivity contribution >= 4 is 46.6 Å². The first-order valence-corrected chi connectivity index (χ1v) is 11.9. The third-order valence-electron chi connectivity index (χ3n) is 6.56. The Bertz CT molecular complexity index is 1150. The first-order valence-electron chi connectivity index (χ1n) is 11.5. The molecule has 5 nitrogen and oxygen atoms in total. The highest BCUT2D eigenvalue weighted by Crippen LogP contribution is 2.43. The number of thiocarbonyl (C=S) groups is 1. The van der Waals surface area contributed by atoms with E-state index in [9.17, 15) is 9.59 Å². The summed E-state index contributed by atoms with van der Waals surface area (Å²) in [5.41, 5.74) is 5.23. The number of carbonyl (C=O) groups is 2. The Kier molecular flexibility index (Phi) is 6.14. The second-order valence-corrected chi connectivity index (χ2v) is 10.1. The van der Waals surface area contributed by atoms with Gasteiger partial charge in [-0.25, -0.2) is 0 Å². The number of carbonyl (C=O) groups excluding carboxylic acids is 2. The van der Waals surface area contributed by atoms with Gasteiger partial charge in [0, 0.05) is 17.8 Å². The highest BCUT2D eigenvalue weighted by molar-refractivity contribution is 7.80. The summed E-state index contributed by atoms with van der Waals surface area (Å²) in [6.45, 7) is 12.0. The molecule has 1 unspecified atom stereocenters. The number of benzene rings is 2. The number of anilines is 2. The zero-order valence-corrected chi connectivity index (χ0v) is 20.8. The molecule has 1 N–H and O–H groups in total. The minimum absolute atomic E-state index is 0.0818. The molecule has 2 aliphatic rings. The lowest BCUT2D eigenvalue weighted by atomic mass is 9.79. The van der Waals surface area contributed by atoms with Crippen LogP contribution in [0.2, 0.25) is 0 Å². The Morgan fingerprint density at radius 3 is 2.52 bits per heavy atom. The van der Waals surface area contributed by atoms with Gasteiger partial charge in [-0.3, -0.25) is 19.8 Å². The number of hydrogen-bond acceptors (Lipinski definition) is 4. The van der Waals surface area contributed by atoms with Crippen LogP contribution in [0.3, 0.4) is 0 Å². The lowest BCUT2D eigenvalue weighted by Crippen LogP contribution is -2.54. The molecule has 2 aliphatic heterocycles. The van der Waals surface area contributed by atoms with Crippen LogP contribution in [0.5, 0.6) is 0 Å². The van der Waals surface area contributed by atoms with Crippen molar-refractivity contribution in [2.75, 3.05) is 16.3 Å². The summed E-state index contributed by atoms with van der Waals surface area (Å²) >= 11 is 5.31. The maximum absolute atomic E-state index is 13.3. The molecule has 0 radical (unpaired) electrons. The predicted octanol–water partition coefficient (Wildman–Crippen LogP) is 5.33. The molecule has 33 heavy (non-hydrogen) atoms. The normalized spacial score (nSPS) is 21.3. The molecule has 2 aromatic rings. The molecule has 4 rings (SSSR count). The summed E-state index contributed by atoms with van der Waals surface area (Å²) in [4.78, 5) is 29.9. The monoisotopic (exact) mass is 461 g/mol. The summed E-state index contributed by atoms with van der Waals surface area (Å²) in [5.74, 6) is -0.492. The van der Waals surface area contributed by atoms with Gasteiger partial charge in [0.2, 0.25) is 0 Å². The lowest BCUT2D eigenvalue weighted by molar-refractivity contribution is -0.122. The first-order chi connectivity index (χ1) is 15.6. The zero-order chi connectivity index (χ0) is 23.9. The zero-order valence-electron chi connectivity index (χ0n) is 19.9. The van der Waals surface area contributed by atoms with E-state index in [0.29, 0.717) is 11.6 Å². The number of nitrogens with one attached hydrogen (secondary N) is 1. The molecule has 1 fully saturated rings. The second-order valence-electron chi connectivity index (χ2n) is 9.68. The quantitative estimate of drug-likeness (QED) is 0.380. The van der Waals surface area contributed by atoms with Crippen molar-refractivity contribution in [2.24, 2.45) is 0 Å². The van der Waals surface area contributed by atoms with Crippen molar-refractivity contribution in [1.82, 2.24) is 5.32 Å². The van der Waals surface area contributed by atoms with E-state index in [4.69, 9.17) is 12.2 Å². The van der Waals surface area contributed by atoms with Crippen LogP contribution >= 0.6 is 12.2 Å². The molecule has 2 amide bonds. The standard InChI is InChI=1S/C27H31N3O2S/c1-6-13-29-23-12-9-19(14-21(23)18(3)16-27(29,4)5)15-22-24(31)28-26(33)30(25(22)32)20-10-7-17(2)8-11-20/h7-12,14-15,18H,6,13,16H2,1-5H3,(H,28,31,33)/b22-15-. The minimum Gasteiger partial charge on any atom is -0.366 e. The Morgan fingerprint density at radius 2 is 1.85 bits per heavy atom. The topological polar surface area (TPSA) is 52.7 Å². The fraction of sp³-hybridized carbons (Fsp3) is 0.370. The highest BCUT2D eigenvalue weighted by atomic mass is 32.1. The lowest BCUT2D eigenvalue weighted by Gasteiger charge is -2.47. The highest BCUT2D eigenvalue weighted by Gasteiger charge is 2.37. The van der Waals surface area contributed by atoms with E-state index in [2.05, 4.69) is 50.0 Å². The van der Waals surface area contributed by atoms with E-state index in [1.54, 1.807) is 6.08 Å². The molecule has 1 saturated heterocycles. The summed E-state index contributed by atoms with van der Waals surface area (Å²) in [6, 6.07) is 13.7. The van der Waals surface area contributed by atoms with Crippen LogP contribution in [0.25, 0.3) is 6.08 Å². The van der Waals surface area contributed by atoms with Gasteiger partial charge in [-0.15, -0.1) is 0 Å². The Morgan fingerprint density at radius 1 is 1.15 bits per heavy atom. The average Bonchev–Trinajstić information content (AvgIpc) is 2.75. The number of amides is 2. The van der Waals surface area contributed by atoms with E-state index in [0.717, 1.165) is 30.5 Å². The van der Waals surface area contributed by atoms with Crippen molar-refractivity contribution in [3.63, 3.8) is 0 Å². The van der Waals surface area contributed by atoms with Crippen LogP contribution in [0.1, 0.15) is 63.1 Å². The first kappa shape index (κ1) is 23.2. The number of hydrogen-bond donors (Lipinski definition) is 1. The maximum Gasteiger partial charge on any atom is 0.270 e. The number of aryl methyl sites for hydroxylation is 1. The molecular weight excluding hydrogens is 430 g/mol. The molecule has 172 valence electrons. The molecule has 1 atom stereocenters. The molecule has 0 saturated carbocycles. The van der Waals surface area contributed by atoms with E-state index < -0.39 is 11.8 Å². The number of fused-ring (bicyclic) bond motifs is 1. The van der Waals surface area contributed by atoms with Crippen molar-refractivity contribution in [2.45, 2.75) is 58.9 Å². The molecule has 6 heteroatoms. The molecule has 2 aromatic carbocycles. The van der Waals surface area contributed by atoms with Crippen LogP contribution < -0.4 is 15.1 Å². The van der Waals surface area contributed by atoms with Gasteiger partial charge in [-0.1, -0.05) is 37.6 Å². The molecule has 0 aromatic heterocycles. The van der Waals surface area contributed by atoms with Crippen LogP contribution in [0.15, 0.2) is 48.0 Å². The third kappa shape index (κ3) is 4.32. The largest absolute Gasteiger partial charge is 0.366 e. The van der Waals surface area contributed by atoms with Gasteiger partial charge in [0.15, 0.2) is 5.11 Å². The Hall–Kier alpha value is -2.99. The fourth-order valence-electron chi connectivity index (χ4n) is 5.00. The van der Waals surface area contributed by atoms with Gasteiger partial charge < -0.3 is 4.90 Å². The number of nitrogens with zero attached hydrogens (tertiary/aromatic N) is 2. The van der Waals surface area contributed by atoms with Gasteiger partial charge >= 0.3 is 0 Å². The van der Waals surface area contributed by atoms with Gasteiger partial charge in [-0.05, 0) is 93.2 Å². The summed E-state index contributed by atoms with van der Waals surface area (Å²) in [6.07, 6.45) is 3.80. The molecule has 2 heterocycles. The Balaban J connectivity index is 1.72. The van der Waals surface area contributed by atoms with Crippen molar-refractivity contribution in [3.8, 4) is 0 Å². The van der Waals surface area contributed by atoms with Crippen LogP contribution in [0, 0.1) is 6.92 Å². The smallest absolute Gasteiger partial charge is 0.270 e. The van der Waals surface area contributed by atoms with Crippen LogP contribution in [0.4, 0.5) is 11.4 Å². The number of rotatable bonds is 4. The van der Waals surface area contributed by atoms with Crippen molar-refractivity contribution < 1.29 is 9.59 Å². The third-order valence-corrected chi connectivity index (χ3v) is 6.85. The van der Waals surface area contributed by atoms with Crippen molar-refractivity contribution in [1.29, 1.82) is 0 Å². The van der Waals surface area contributed by atoms with E-state index in [-0.39, 0.29) is 16.2 Å². The maximum atomic E-state index is 13.3.